The zero-order chi connectivity index (χ0) is 14.6. The minimum absolute atomic E-state index is 0.103. The standard InChI is InChI=1S/C13H17N3O3S/c1-3-11(19-2)9-20(17,18)16-13-8-10-6-4-5-7-12(10)14-15-13/h4-8,11H,3,9H2,1-2H3,(H,15,16). The van der Waals surface area contributed by atoms with Crippen LogP contribution in [-0.2, 0) is 14.8 Å². The van der Waals surface area contributed by atoms with Gasteiger partial charge in [0.1, 0.15) is 0 Å². The molecular weight excluding hydrogens is 278 g/mol. The van der Waals surface area contributed by atoms with E-state index in [4.69, 9.17) is 4.74 Å². The van der Waals surface area contributed by atoms with Gasteiger partial charge in [-0.2, -0.15) is 0 Å². The molecule has 1 heterocycles. The molecule has 0 saturated heterocycles. The molecule has 0 aliphatic rings. The molecule has 1 aromatic heterocycles. The van der Waals surface area contributed by atoms with Crippen molar-refractivity contribution in [3.05, 3.63) is 30.3 Å². The molecule has 2 aromatic rings. The molecule has 0 saturated carbocycles. The summed E-state index contributed by atoms with van der Waals surface area (Å²) in [6.45, 7) is 1.87. The maximum Gasteiger partial charge on any atom is 0.236 e. The van der Waals surface area contributed by atoms with Crippen molar-refractivity contribution in [2.45, 2.75) is 19.4 Å². The molecule has 108 valence electrons. The number of nitrogens with one attached hydrogen (secondary N) is 1. The van der Waals surface area contributed by atoms with Crippen LogP contribution in [0.4, 0.5) is 5.82 Å². The van der Waals surface area contributed by atoms with Crippen LogP contribution in [-0.4, -0.2) is 37.6 Å². The molecule has 7 heteroatoms. The lowest BCUT2D eigenvalue weighted by Crippen LogP contribution is -2.27. The molecule has 1 aromatic carbocycles. The Morgan fingerprint density at radius 2 is 2.05 bits per heavy atom. The second kappa shape index (κ2) is 6.15. The third kappa shape index (κ3) is 3.64. The van der Waals surface area contributed by atoms with E-state index in [1.165, 1.54) is 7.11 Å². The largest absolute Gasteiger partial charge is 0.380 e. The van der Waals surface area contributed by atoms with Crippen molar-refractivity contribution in [3.8, 4) is 0 Å². The molecule has 0 aliphatic heterocycles. The van der Waals surface area contributed by atoms with Crippen molar-refractivity contribution in [2.24, 2.45) is 0 Å². The summed E-state index contributed by atoms with van der Waals surface area (Å²) in [6.07, 6.45) is 0.293. The normalized spacial score (nSPS) is 13.3. The van der Waals surface area contributed by atoms with Crippen molar-refractivity contribution in [2.75, 3.05) is 17.6 Å². The highest BCUT2D eigenvalue weighted by Gasteiger charge is 2.18. The van der Waals surface area contributed by atoms with Gasteiger partial charge in [-0.1, -0.05) is 25.1 Å². The summed E-state index contributed by atoms with van der Waals surface area (Å²) in [6, 6.07) is 9.05. The summed E-state index contributed by atoms with van der Waals surface area (Å²) in [4.78, 5) is 0. The Balaban J connectivity index is 2.18. The SMILES string of the molecule is CCC(CS(=O)(=O)Nc1cc2ccccc2nn1)OC. The van der Waals surface area contributed by atoms with E-state index in [9.17, 15) is 8.42 Å². The van der Waals surface area contributed by atoms with Crippen LogP contribution in [0.15, 0.2) is 30.3 Å². The van der Waals surface area contributed by atoms with Gasteiger partial charge in [-0.3, -0.25) is 4.72 Å². The van der Waals surface area contributed by atoms with Crippen LogP contribution < -0.4 is 4.72 Å². The number of methoxy groups -OCH3 is 1. The zero-order valence-corrected chi connectivity index (χ0v) is 12.2. The number of nitrogens with zero attached hydrogens (tertiary/aromatic N) is 2. The highest BCUT2D eigenvalue weighted by Crippen LogP contribution is 2.15. The molecule has 20 heavy (non-hydrogen) atoms. The van der Waals surface area contributed by atoms with Crippen molar-refractivity contribution >= 4 is 26.7 Å². The van der Waals surface area contributed by atoms with Crippen LogP contribution in [0, 0.1) is 0 Å². The molecule has 6 nitrogen and oxygen atoms in total. The van der Waals surface area contributed by atoms with E-state index in [0.717, 1.165) is 10.9 Å². The Morgan fingerprint density at radius 1 is 1.30 bits per heavy atom. The molecule has 2 rings (SSSR count). The summed E-state index contributed by atoms with van der Waals surface area (Å²) in [5, 5.41) is 8.68. The molecule has 0 aliphatic carbocycles. The van der Waals surface area contributed by atoms with Gasteiger partial charge in [-0.05, 0) is 18.6 Å². The van der Waals surface area contributed by atoms with E-state index in [1.807, 2.05) is 31.2 Å². The average molecular weight is 295 g/mol. The fourth-order valence-corrected chi connectivity index (χ4v) is 3.20. The number of hydrogen-bond donors (Lipinski definition) is 1. The molecule has 0 spiro atoms. The van der Waals surface area contributed by atoms with Gasteiger partial charge in [0.25, 0.3) is 0 Å². The average Bonchev–Trinajstić information content (AvgIpc) is 2.44. The smallest absolute Gasteiger partial charge is 0.236 e. The van der Waals surface area contributed by atoms with Crippen LogP contribution in [0.3, 0.4) is 0 Å². The highest BCUT2D eigenvalue weighted by atomic mass is 32.2. The first kappa shape index (κ1) is 14.7. The number of sulfonamides is 1. The van der Waals surface area contributed by atoms with Gasteiger partial charge in [-0.15, -0.1) is 10.2 Å². The molecule has 0 bridgehead atoms. The number of anilines is 1. The first-order chi connectivity index (χ1) is 9.54. The third-order valence-electron chi connectivity index (χ3n) is 2.95. The van der Waals surface area contributed by atoms with Gasteiger partial charge in [0.2, 0.25) is 10.0 Å². The number of ether oxygens (including phenoxy) is 1. The number of hydrogen-bond acceptors (Lipinski definition) is 5. The predicted octanol–water partition coefficient (Wildman–Crippen LogP) is 1.80. The summed E-state index contributed by atoms with van der Waals surface area (Å²) in [7, 11) is -2.00. The number of aromatic nitrogens is 2. The van der Waals surface area contributed by atoms with E-state index >= 15 is 0 Å². The summed E-state index contributed by atoms with van der Waals surface area (Å²) in [5.41, 5.74) is 0.721. The van der Waals surface area contributed by atoms with Crippen molar-refractivity contribution < 1.29 is 13.2 Å². The summed E-state index contributed by atoms with van der Waals surface area (Å²) < 4.78 is 31.5. The third-order valence-corrected chi connectivity index (χ3v) is 4.28. The Bertz CT molecular complexity index is 684. The fraction of sp³-hybridized carbons (Fsp3) is 0.385. The van der Waals surface area contributed by atoms with E-state index < -0.39 is 10.0 Å². The van der Waals surface area contributed by atoms with E-state index in [2.05, 4.69) is 14.9 Å². The van der Waals surface area contributed by atoms with Gasteiger partial charge in [0.05, 0.1) is 17.4 Å². The van der Waals surface area contributed by atoms with E-state index in [0.29, 0.717) is 6.42 Å². The molecule has 0 radical (unpaired) electrons. The quantitative estimate of drug-likeness (QED) is 0.878. The van der Waals surface area contributed by atoms with Crippen molar-refractivity contribution in [1.82, 2.24) is 10.2 Å². The predicted molar refractivity (Wildman–Crippen MR) is 78.0 cm³/mol. The molecule has 0 fully saturated rings. The van der Waals surface area contributed by atoms with Gasteiger partial charge in [-0.25, -0.2) is 8.42 Å². The lowest BCUT2D eigenvalue weighted by Gasteiger charge is -2.14. The Kier molecular flexibility index (Phi) is 4.51. The van der Waals surface area contributed by atoms with Crippen LogP contribution >= 0.6 is 0 Å². The van der Waals surface area contributed by atoms with Gasteiger partial charge in [0.15, 0.2) is 5.82 Å². The fourth-order valence-electron chi connectivity index (χ4n) is 1.83. The van der Waals surface area contributed by atoms with Crippen LogP contribution in [0.2, 0.25) is 0 Å². The van der Waals surface area contributed by atoms with Crippen LogP contribution in [0.25, 0.3) is 10.9 Å². The lowest BCUT2D eigenvalue weighted by atomic mass is 10.2. The maximum atomic E-state index is 12.0. The Hall–Kier alpha value is -1.73. The molecule has 1 N–H and O–H groups in total. The molecule has 0 amide bonds. The second-order valence-corrected chi connectivity index (χ2v) is 6.20. The van der Waals surface area contributed by atoms with Crippen LogP contribution in [0.5, 0.6) is 0 Å². The highest BCUT2D eigenvalue weighted by molar-refractivity contribution is 7.92. The maximum absolute atomic E-state index is 12.0. The summed E-state index contributed by atoms with van der Waals surface area (Å²) in [5.74, 6) is 0.115. The lowest BCUT2D eigenvalue weighted by molar-refractivity contribution is 0.117. The number of fused-ring (bicyclic) bond motifs is 1. The van der Waals surface area contributed by atoms with Crippen molar-refractivity contribution in [3.63, 3.8) is 0 Å². The van der Waals surface area contributed by atoms with Gasteiger partial charge in [0, 0.05) is 12.5 Å². The van der Waals surface area contributed by atoms with Crippen LogP contribution in [0.1, 0.15) is 13.3 Å². The van der Waals surface area contributed by atoms with E-state index in [1.54, 1.807) is 6.07 Å². The Morgan fingerprint density at radius 3 is 2.75 bits per heavy atom. The minimum atomic E-state index is -3.50. The first-order valence-electron chi connectivity index (χ1n) is 6.30. The number of benzene rings is 1. The second-order valence-electron chi connectivity index (χ2n) is 4.44. The Labute approximate surface area is 118 Å². The van der Waals surface area contributed by atoms with Gasteiger partial charge >= 0.3 is 0 Å². The summed E-state index contributed by atoms with van der Waals surface area (Å²) >= 11 is 0. The zero-order valence-electron chi connectivity index (χ0n) is 11.4. The first-order valence-corrected chi connectivity index (χ1v) is 7.95. The molecular formula is C13H17N3O3S. The number of rotatable bonds is 6. The van der Waals surface area contributed by atoms with Gasteiger partial charge < -0.3 is 4.74 Å². The van der Waals surface area contributed by atoms with Crippen molar-refractivity contribution in [1.29, 1.82) is 0 Å². The monoisotopic (exact) mass is 295 g/mol. The van der Waals surface area contributed by atoms with E-state index in [-0.39, 0.29) is 17.7 Å². The molecule has 1 unspecified atom stereocenters. The topological polar surface area (TPSA) is 81.2 Å². The minimum Gasteiger partial charge on any atom is -0.380 e. The molecule has 1 atom stereocenters.